The number of carboxylic acids is 1. The number of ether oxygens (including phenoxy) is 1. The molecule has 1 aliphatic rings. The SMILES string of the molecule is O=C(O)C(OC1CCCCC1)(c1cccs1)c1cccs1. The van der Waals surface area contributed by atoms with Crippen LogP contribution in [0.25, 0.3) is 0 Å². The van der Waals surface area contributed by atoms with Crippen molar-refractivity contribution >= 4 is 28.6 Å². The molecule has 5 heteroatoms. The van der Waals surface area contributed by atoms with Crippen LogP contribution in [-0.2, 0) is 15.1 Å². The first-order valence-corrected chi connectivity index (χ1v) is 8.98. The molecule has 0 amide bonds. The number of carboxylic acid groups (broad SMARTS) is 1. The highest BCUT2D eigenvalue weighted by molar-refractivity contribution is 7.12. The summed E-state index contributed by atoms with van der Waals surface area (Å²) in [6.45, 7) is 0. The third kappa shape index (κ3) is 2.78. The maximum absolute atomic E-state index is 12.2. The lowest BCUT2D eigenvalue weighted by molar-refractivity contribution is -0.169. The molecule has 112 valence electrons. The highest BCUT2D eigenvalue weighted by Crippen LogP contribution is 2.42. The molecule has 1 N–H and O–H groups in total. The van der Waals surface area contributed by atoms with Crippen molar-refractivity contribution in [2.75, 3.05) is 0 Å². The lowest BCUT2D eigenvalue weighted by Crippen LogP contribution is -2.42. The second kappa shape index (κ2) is 6.30. The Kier molecular flexibility index (Phi) is 4.42. The number of rotatable bonds is 5. The Hall–Kier alpha value is -1.17. The van der Waals surface area contributed by atoms with Gasteiger partial charge in [-0.3, -0.25) is 0 Å². The van der Waals surface area contributed by atoms with Crippen molar-refractivity contribution in [1.82, 2.24) is 0 Å². The van der Waals surface area contributed by atoms with Gasteiger partial charge in [0, 0.05) is 0 Å². The monoisotopic (exact) mass is 322 g/mol. The van der Waals surface area contributed by atoms with E-state index in [9.17, 15) is 9.90 Å². The van der Waals surface area contributed by atoms with Crippen molar-refractivity contribution in [3.8, 4) is 0 Å². The van der Waals surface area contributed by atoms with E-state index in [1.54, 1.807) is 0 Å². The van der Waals surface area contributed by atoms with Gasteiger partial charge in [-0.05, 0) is 35.7 Å². The summed E-state index contributed by atoms with van der Waals surface area (Å²) in [5, 5.41) is 13.8. The predicted molar refractivity (Wildman–Crippen MR) is 85.0 cm³/mol. The molecule has 2 heterocycles. The molecule has 1 fully saturated rings. The zero-order chi connectivity index (χ0) is 14.7. The summed E-state index contributed by atoms with van der Waals surface area (Å²) < 4.78 is 6.25. The quantitative estimate of drug-likeness (QED) is 0.882. The third-order valence-electron chi connectivity index (χ3n) is 3.93. The van der Waals surface area contributed by atoms with Crippen LogP contribution < -0.4 is 0 Å². The van der Waals surface area contributed by atoms with Gasteiger partial charge >= 0.3 is 5.97 Å². The molecule has 0 radical (unpaired) electrons. The summed E-state index contributed by atoms with van der Waals surface area (Å²) in [5.74, 6) is -0.919. The van der Waals surface area contributed by atoms with E-state index < -0.39 is 11.6 Å². The number of hydrogen-bond donors (Lipinski definition) is 1. The molecule has 0 aliphatic heterocycles. The molecular formula is C16H18O3S2. The first-order chi connectivity index (χ1) is 10.2. The minimum absolute atomic E-state index is 0.0269. The molecule has 21 heavy (non-hydrogen) atoms. The highest BCUT2D eigenvalue weighted by atomic mass is 32.1. The fraction of sp³-hybridized carbons (Fsp3) is 0.438. The Morgan fingerprint density at radius 3 is 2.10 bits per heavy atom. The smallest absolute Gasteiger partial charge is 0.347 e. The van der Waals surface area contributed by atoms with Crippen LogP contribution in [0.1, 0.15) is 41.9 Å². The van der Waals surface area contributed by atoms with Gasteiger partial charge in [0.2, 0.25) is 5.60 Å². The Morgan fingerprint density at radius 1 is 1.10 bits per heavy atom. The second-order valence-electron chi connectivity index (χ2n) is 5.32. The minimum atomic E-state index is -1.34. The van der Waals surface area contributed by atoms with Gasteiger partial charge in [0.05, 0.1) is 15.9 Å². The van der Waals surface area contributed by atoms with E-state index in [4.69, 9.17) is 4.74 Å². The van der Waals surface area contributed by atoms with E-state index in [0.29, 0.717) is 0 Å². The summed E-state index contributed by atoms with van der Waals surface area (Å²) in [7, 11) is 0. The Bertz CT molecular complexity index is 534. The molecule has 1 saturated carbocycles. The largest absolute Gasteiger partial charge is 0.479 e. The van der Waals surface area contributed by atoms with Crippen molar-refractivity contribution in [3.63, 3.8) is 0 Å². The molecular weight excluding hydrogens is 304 g/mol. The zero-order valence-corrected chi connectivity index (χ0v) is 13.3. The van der Waals surface area contributed by atoms with E-state index in [2.05, 4.69) is 0 Å². The Balaban J connectivity index is 2.02. The molecule has 0 spiro atoms. The predicted octanol–water partition coefficient (Wildman–Crippen LogP) is 4.49. The number of carbonyl (C=O) groups is 1. The lowest BCUT2D eigenvalue weighted by atomic mass is 9.94. The summed E-state index contributed by atoms with van der Waals surface area (Å²) in [6, 6.07) is 7.49. The number of thiophene rings is 2. The van der Waals surface area contributed by atoms with Crippen LogP contribution in [0.2, 0.25) is 0 Å². The van der Waals surface area contributed by atoms with Crippen LogP contribution in [0.3, 0.4) is 0 Å². The minimum Gasteiger partial charge on any atom is -0.479 e. The van der Waals surface area contributed by atoms with Gasteiger partial charge in [0.1, 0.15) is 0 Å². The number of aliphatic carboxylic acids is 1. The van der Waals surface area contributed by atoms with Gasteiger partial charge in [-0.2, -0.15) is 0 Å². The molecule has 1 aliphatic carbocycles. The van der Waals surface area contributed by atoms with Crippen molar-refractivity contribution in [2.24, 2.45) is 0 Å². The molecule has 2 aromatic rings. The van der Waals surface area contributed by atoms with Gasteiger partial charge in [-0.1, -0.05) is 31.4 Å². The van der Waals surface area contributed by atoms with Crippen molar-refractivity contribution in [1.29, 1.82) is 0 Å². The van der Waals surface area contributed by atoms with Crippen LogP contribution in [0.5, 0.6) is 0 Å². The second-order valence-corrected chi connectivity index (χ2v) is 7.21. The van der Waals surface area contributed by atoms with Crippen LogP contribution in [0.4, 0.5) is 0 Å². The molecule has 0 aromatic carbocycles. The Morgan fingerprint density at radius 2 is 1.67 bits per heavy atom. The molecule has 0 bridgehead atoms. The summed E-state index contributed by atoms with van der Waals surface area (Å²) in [5.41, 5.74) is -1.34. The van der Waals surface area contributed by atoms with Crippen molar-refractivity contribution < 1.29 is 14.6 Å². The summed E-state index contributed by atoms with van der Waals surface area (Å²) in [6.07, 6.45) is 5.39. The van der Waals surface area contributed by atoms with Crippen LogP contribution in [0, 0.1) is 0 Å². The van der Waals surface area contributed by atoms with E-state index >= 15 is 0 Å². The molecule has 3 nitrogen and oxygen atoms in total. The fourth-order valence-electron chi connectivity index (χ4n) is 2.89. The van der Waals surface area contributed by atoms with E-state index in [0.717, 1.165) is 35.4 Å². The average molecular weight is 322 g/mol. The fourth-order valence-corrected chi connectivity index (χ4v) is 4.70. The maximum atomic E-state index is 12.2. The Labute approximate surface area is 132 Å². The van der Waals surface area contributed by atoms with Gasteiger partial charge in [0.15, 0.2) is 0 Å². The average Bonchev–Trinajstić information content (AvgIpc) is 3.19. The van der Waals surface area contributed by atoms with E-state index in [1.807, 2.05) is 35.0 Å². The summed E-state index contributed by atoms with van der Waals surface area (Å²) >= 11 is 2.89. The number of hydrogen-bond acceptors (Lipinski definition) is 4. The third-order valence-corrected chi connectivity index (χ3v) is 5.87. The van der Waals surface area contributed by atoms with E-state index in [1.165, 1.54) is 29.1 Å². The van der Waals surface area contributed by atoms with E-state index in [-0.39, 0.29) is 6.10 Å². The highest BCUT2D eigenvalue weighted by Gasteiger charge is 2.47. The normalized spacial score (nSPS) is 17.0. The van der Waals surface area contributed by atoms with Gasteiger partial charge in [0.25, 0.3) is 0 Å². The van der Waals surface area contributed by atoms with Crippen LogP contribution in [-0.4, -0.2) is 17.2 Å². The standard InChI is InChI=1S/C16H18O3S2/c17-15(18)16(13-8-4-10-20-13,14-9-5-11-21-14)19-12-6-2-1-3-7-12/h4-5,8-12H,1-3,6-7H2,(H,17,18). The lowest BCUT2D eigenvalue weighted by Gasteiger charge is -2.34. The van der Waals surface area contributed by atoms with Gasteiger partial charge in [-0.25, -0.2) is 4.79 Å². The van der Waals surface area contributed by atoms with Gasteiger partial charge in [-0.15, -0.1) is 22.7 Å². The van der Waals surface area contributed by atoms with Crippen LogP contribution >= 0.6 is 22.7 Å². The first kappa shape index (κ1) is 14.8. The van der Waals surface area contributed by atoms with Crippen LogP contribution in [0.15, 0.2) is 35.0 Å². The van der Waals surface area contributed by atoms with Crippen molar-refractivity contribution in [3.05, 3.63) is 44.8 Å². The topological polar surface area (TPSA) is 46.5 Å². The van der Waals surface area contributed by atoms with Gasteiger partial charge < -0.3 is 9.84 Å². The molecule has 3 rings (SSSR count). The first-order valence-electron chi connectivity index (χ1n) is 7.22. The molecule has 0 unspecified atom stereocenters. The maximum Gasteiger partial charge on any atom is 0.347 e. The van der Waals surface area contributed by atoms with Crippen molar-refractivity contribution in [2.45, 2.75) is 43.8 Å². The zero-order valence-electron chi connectivity index (χ0n) is 11.7. The molecule has 0 saturated heterocycles. The summed E-state index contributed by atoms with van der Waals surface area (Å²) in [4.78, 5) is 13.7. The molecule has 0 atom stereocenters. The molecule has 2 aromatic heterocycles.